The number of nitrogens with zero attached hydrogens (tertiary/aromatic N) is 5. The minimum absolute atomic E-state index is 0.147. The fraction of sp³-hybridized carbons (Fsp3) is 0.238. The van der Waals surface area contributed by atoms with Gasteiger partial charge in [-0.3, -0.25) is 9.78 Å². The molecule has 7 heteroatoms. The van der Waals surface area contributed by atoms with Gasteiger partial charge in [-0.2, -0.15) is 0 Å². The summed E-state index contributed by atoms with van der Waals surface area (Å²) in [5, 5.41) is 9.18. The van der Waals surface area contributed by atoms with Crippen LogP contribution in [0.25, 0.3) is 11.4 Å². The van der Waals surface area contributed by atoms with Gasteiger partial charge in [-0.1, -0.05) is 36.0 Å². The first-order valence-electron chi connectivity index (χ1n) is 9.25. The van der Waals surface area contributed by atoms with Crippen LogP contribution in [-0.4, -0.2) is 57.9 Å². The predicted molar refractivity (Wildman–Crippen MR) is 111 cm³/mol. The molecule has 0 spiro atoms. The van der Waals surface area contributed by atoms with Gasteiger partial charge >= 0.3 is 0 Å². The predicted octanol–water partition coefficient (Wildman–Crippen LogP) is 2.98. The van der Waals surface area contributed by atoms with Gasteiger partial charge in [-0.25, -0.2) is 0 Å². The monoisotopic (exact) mass is 391 g/mol. The van der Waals surface area contributed by atoms with Crippen molar-refractivity contribution in [2.45, 2.75) is 5.03 Å². The molecule has 3 aromatic rings. The normalized spacial score (nSPS) is 14.1. The zero-order chi connectivity index (χ0) is 19.2. The molecule has 2 aromatic heterocycles. The van der Waals surface area contributed by atoms with E-state index in [-0.39, 0.29) is 5.91 Å². The number of aromatic nitrogens is 3. The molecular formula is C21H21N5OS. The summed E-state index contributed by atoms with van der Waals surface area (Å²) in [4.78, 5) is 21.1. The molecule has 0 N–H and O–H groups in total. The van der Waals surface area contributed by atoms with Crippen LogP contribution < -0.4 is 4.90 Å². The fourth-order valence-electron chi connectivity index (χ4n) is 3.13. The number of hydrogen-bond acceptors (Lipinski definition) is 6. The van der Waals surface area contributed by atoms with Crippen LogP contribution in [0, 0.1) is 0 Å². The summed E-state index contributed by atoms with van der Waals surface area (Å²) in [5.74, 6) is 0.525. The van der Waals surface area contributed by atoms with Crippen molar-refractivity contribution >= 4 is 23.4 Å². The maximum atomic E-state index is 12.5. The molecule has 142 valence electrons. The summed E-state index contributed by atoms with van der Waals surface area (Å²) in [7, 11) is 0. The van der Waals surface area contributed by atoms with Crippen molar-refractivity contribution in [1.82, 2.24) is 20.1 Å². The van der Waals surface area contributed by atoms with Crippen LogP contribution in [0.5, 0.6) is 0 Å². The van der Waals surface area contributed by atoms with Crippen molar-refractivity contribution < 1.29 is 4.79 Å². The van der Waals surface area contributed by atoms with E-state index in [1.54, 1.807) is 6.20 Å². The van der Waals surface area contributed by atoms with E-state index >= 15 is 0 Å². The van der Waals surface area contributed by atoms with Gasteiger partial charge in [0.25, 0.3) is 0 Å². The number of pyridine rings is 1. The number of hydrogen-bond donors (Lipinski definition) is 0. The first kappa shape index (κ1) is 18.4. The molecule has 1 amide bonds. The van der Waals surface area contributed by atoms with Crippen molar-refractivity contribution in [3.63, 3.8) is 0 Å². The van der Waals surface area contributed by atoms with Crippen molar-refractivity contribution in [2.75, 3.05) is 36.8 Å². The number of rotatable bonds is 5. The molecule has 1 aliphatic heterocycles. The summed E-state index contributed by atoms with van der Waals surface area (Å²) >= 11 is 1.42. The molecule has 1 saturated heterocycles. The van der Waals surface area contributed by atoms with Gasteiger partial charge in [0.15, 0.2) is 0 Å². The number of carbonyl (C=O) groups is 1. The summed E-state index contributed by atoms with van der Waals surface area (Å²) in [6.45, 7) is 3.22. The number of anilines is 1. The Morgan fingerprint density at radius 2 is 1.64 bits per heavy atom. The van der Waals surface area contributed by atoms with E-state index < -0.39 is 0 Å². The van der Waals surface area contributed by atoms with E-state index in [1.807, 2.05) is 53.4 Å². The largest absolute Gasteiger partial charge is 0.368 e. The maximum Gasteiger partial charge on any atom is 0.233 e. The fourth-order valence-corrected chi connectivity index (χ4v) is 3.84. The Hall–Kier alpha value is -2.93. The first-order valence-corrected chi connectivity index (χ1v) is 10.2. The molecule has 0 unspecified atom stereocenters. The van der Waals surface area contributed by atoms with Crippen molar-refractivity contribution in [3.05, 3.63) is 66.9 Å². The van der Waals surface area contributed by atoms with E-state index in [0.717, 1.165) is 42.6 Å². The molecule has 0 atom stereocenters. The van der Waals surface area contributed by atoms with Crippen molar-refractivity contribution in [3.8, 4) is 11.4 Å². The number of carbonyl (C=O) groups excluding carboxylic acids is 1. The van der Waals surface area contributed by atoms with Crippen LogP contribution in [0.15, 0.2) is 71.9 Å². The Kier molecular flexibility index (Phi) is 5.82. The first-order chi connectivity index (χ1) is 13.8. The smallest absolute Gasteiger partial charge is 0.233 e. The van der Waals surface area contributed by atoms with Crippen LogP contribution in [0.1, 0.15) is 0 Å². The Bertz CT molecular complexity index is 897. The number of piperazine rings is 1. The highest BCUT2D eigenvalue weighted by Gasteiger charge is 2.21. The lowest BCUT2D eigenvalue weighted by Crippen LogP contribution is -2.49. The Balaban J connectivity index is 1.27. The van der Waals surface area contributed by atoms with E-state index in [1.165, 1.54) is 17.4 Å². The topological polar surface area (TPSA) is 62.2 Å². The molecule has 1 fully saturated rings. The lowest BCUT2D eigenvalue weighted by Gasteiger charge is -2.36. The van der Waals surface area contributed by atoms with Crippen LogP contribution in [0.3, 0.4) is 0 Å². The number of thioether (sulfide) groups is 1. The second kappa shape index (κ2) is 8.84. The third-order valence-corrected chi connectivity index (χ3v) is 5.57. The van der Waals surface area contributed by atoms with Crippen molar-refractivity contribution in [1.29, 1.82) is 0 Å². The lowest BCUT2D eigenvalue weighted by molar-refractivity contribution is -0.128. The number of amides is 1. The van der Waals surface area contributed by atoms with E-state index in [4.69, 9.17) is 0 Å². The summed E-state index contributed by atoms with van der Waals surface area (Å²) in [6, 6.07) is 19.8. The average molecular weight is 392 g/mol. The second-order valence-corrected chi connectivity index (χ2v) is 7.46. The van der Waals surface area contributed by atoms with E-state index in [0.29, 0.717) is 5.75 Å². The zero-order valence-electron chi connectivity index (χ0n) is 15.4. The third-order valence-electron chi connectivity index (χ3n) is 4.66. The molecule has 0 saturated carbocycles. The Morgan fingerprint density at radius 1 is 0.857 bits per heavy atom. The van der Waals surface area contributed by atoms with E-state index in [9.17, 15) is 4.79 Å². The third kappa shape index (κ3) is 4.48. The average Bonchev–Trinajstić information content (AvgIpc) is 2.79. The van der Waals surface area contributed by atoms with Gasteiger partial charge in [-0.15, -0.1) is 10.2 Å². The molecule has 0 bridgehead atoms. The van der Waals surface area contributed by atoms with Gasteiger partial charge in [0.1, 0.15) is 10.7 Å². The second-order valence-electron chi connectivity index (χ2n) is 6.46. The van der Waals surface area contributed by atoms with Crippen LogP contribution in [0.2, 0.25) is 0 Å². The summed E-state index contributed by atoms with van der Waals surface area (Å²) in [5.41, 5.74) is 2.74. The SMILES string of the molecule is O=C(CSc1ccc(-c2ccccn2)nn1)N1CCN(c2ccccc2)CC1. The quantitative estimate of drug-likeness (QED) is 0.623. The Labute approximate surface area is 168 Å². The molecule has 0 radical (unpaired) electrons. The highest BCUT2D eigenvalue weighted by molar-refractivity contribution is 7.99. The summed E-state index contributed by atoms with van der Waals surface area (Å²) in [6.07, 6.45) is 1.73. The number of benzene rings is 1. The molecular weight excluding hydrogens is 370 g/mol. The highest BCUT2D eigenvalue weighted by Crippen LogP contribution is 2.20. The molecule has 1 aromatic carbocycles. The van der Waals surface area contributed by atoms with Gasteiger partial charge in [0, 0.05) is 38.1 Å². The maximum absolute atomic E-state index is 12.5. The zero-order valence-corrected chi connectivity index (χ0v) is 16.3. The van der Waals surface area contributed by atoms with Crippen LogP contribution >= 0.6 is 11.8 Å². The van der Waals surface area contributed by atoms with Crippen LogP contribution in [-0.2, 0) is 4.79 Å². The summed E-state index contributed by atoms with van der Waals surface area (Å²) < 4.78 is 0. The number of para-hydroxylation sites is 1. The molecule has 0 aliphatic carbocycles. The van der Waals surface area contributed by atoms with Gasteiger partial charge < -0.3 is 9.80 Å². The molecule has 3 heterocycles. The lowest BCUT2D eigenvalue weighted by atomic mass is 10.2. The standard InChI is InChI=1S/C21H21N5OS/c27-21(26-14-12-25(13-15-26)17-6-2-1-3-7-17)16-28-20-10-9-19(23-24-20)18-8-4-5-11-22-18/h1-11H,12-16H2. The minimum atomic E-state index is 0.147. The van der Waals surface area contributed by atoms with Gasteiger partial charge in [-0.05, 0) is 36.4 Å². The molecule has 6 nitrogen and oxygen atoms in total. The van der Waals surface area contributed by atoms with Gasteiger partial charge in [0.2, 0.25) is 5.91 Å². The molecule has 1 aliphatic rings. The Morgan fingerprint density at radius 3 is 2.32 bits per heavy atom. The van der Waals surface area contributed by atoms with Crippen molar-refractivity contribution in [2.24, 2.45) is 0 Å². The van der Waals surface area contributed by atoms with Gasteiger partial charge in [0.05, 0.1) is 11.4 Å². The molecule has 4 rings (SSSR count). The highest BCUT2D eigenvalue weighted by atomic mass is 32.2. The van der Waals surface area contributed by atoms with Crippen LogP contribution in [0.4, 0.5) is 5.69 Å². The minimum Gasteiger partial charge on any atom is -0.368 e. The molecule has 28 heavy (non-hydrogen) atoms. The van der Waals surface area contributed by atoms with E-state index in [2.05, 4.69) is 32.2 Å².